The van der Waals surface area contributed by atoms with Crippen LogP contribution >= 0.6 is 15.9 Å². The number of nitrogens with one attached hydrogen (secondary N) is 1. The van der Waals surface area contributed by atoms with Crippen molar-refractivity contribution in [1.82, 2.24) is 5.32 Å². The smallest absolute Gasteiger partial charge is 0.243 e. The minimum atomic E-state index is -0.395. The first-order valence-electron chi connectivity index (χ1n) is 6.31. The number of hydrogen-bond acceptors (Lipinski definition) is 3. The number of anilines is 1. The van der Waals surface area contributed by atoms with E-state index in [1.165, 1.54) is 0 Å². The minimum absolute atomic E-state index is 0.0559. The molecule has 1 amide bonds. The van der Waals surface area contributed by atoms with Gasteiger partial charge in [0, 0.05) is 23.2 Å². The average molecular weight is 322 g/mol. The first kappa shape index (κ1) is 13.9. The Kier molecular flexibility index (Phi) is 4.43. The van der Waals surface area contributed by atoms with Gasteiger partial charge in [-0.05, 0) is 37.1 Å². The molecule has 0 aliphatic carbocycles. The number of aryl methyl sites for hydroxylation is 1. The lowest BCUT2D eigenvalue weighted by molar-refractivity contribution is -0.121. The third-order valence-corrected chi connectivity index (χ3v) is 4.20. The molecule has 1 aliphatic heterocycles. The van der Waals surface area contributed by atoms with Gasteiger partial charge in [0.15, 0.2) is 0 Å². The van der Waals surface area contributed by atoms with Crippen LogP contribution in [-0.2, 0) is 4.79 Å². The third-order valence-electron chi connectivity index (χ3n) is 3.31. The van der Waals surface area contributed by atoms with E-state index in [-0.39, 0.29) is 12.3 Å². The van der Waals surface area contributed by atoms with E-state index in [4.69, 9.17) is 5.26 Å². The van der Waals surface area contributed by atoms with Crippen molar-refractivity contribution in [3.8, 4) is 6.07 Å². The number of amides is 1. The predicted molar refractivity (Wildman–Crippen MR) is 77.9 cm³/mol. The lowest BCUT2D eigenvalue weighted by Gasteiger charge is -2.29. The summed E-state index contributed by atoms with van der Waals surface area (Å²) in [5, 5.41) is 11.8. The number of hydrogen-bond donors (Lipinski definition) is 1. The zero-order chi connectivity index (χ0) is 13.8. The summed E-state index contributed by atoms with van der Waals surface area (Å²) in [6.07, 6.45) is 1.10. The van der Waals surface area contributed by atoms with E-state index in [1.54, 1.807) is 0 Å². The van der Waals surface area contributed by atoms with E-state index in [1.807, 2.05) is 30.0 Å². The SMILES string of the molecule is Cc1cc(N2CCCNC(=O)C2CC#N)ccc1Br. The van der Waals surface area contributed by atoms with Gasteiger partial charge in [-0.25, -0.2) is 0 Å². The van der Waals surface area contributed by atoms with Gasteiger partial charge in [-0.15, -0.1) is 0 Å². The van der Waals surface area contributed by atoms with Crippen molar-refractivity contribution < 1.29 is 4.79 Å². The zero-order valence-electron chi connectivity index (χ0n) is 10.8. The Bertz CT molecular complexity index is 524. The number of nitriles is 1. The number of rotatable bonds is 2. The van der Waals surface area contributed by atoms with Crippen LogP contribution in [-0.4, -0.2) is 25.0 Å². The summed E-state index contributed by atoms with van der Waals surface area (Å²) in [6.45, 7) is 3.48. The summed E-state index contributed by atoms with van der Waals surface area (Å²) in [7, 11) is 0. The number of benzene rings is 1. The zero-order valence-corrected chi connectivity index (χ0v) is 12.4. The highest BCUT2D eigenvalue weighted by molar-refractivity contribution is 9.10. The molecule has 0 spiro atoms. The lowest BCUT2D eigenvalue weighted by Crippen LogP contribution is -2.44. The standard InChI is InChI=1S/C14H16BrN3O/c1-10-9-11(3-4-12(10)15)18-8-2-7-17-14(19)13(18)5-6-16/h3-4,9,13H,2,5,7-8H2,1H3,(H,17,19). The van der Waals surface area contributed by atoms with E-state index in [9.17, 15) is 4.79 Å². The van der Waals surface area contributed by atoms with E-state index in [2.05, 4.69) is 27.3 Å². The molecule has 1 aromatic rings. The summed E-state index contributed by atoms with van der Waals surface area (Å²) >= 11 is 3.48. The maximum atomic E-state index is 12.0. The van der Waals surface area contributed by atoms with Crippen molar-refractivity contribution in [2.45, 2.75) is 25.8 Å². The first-order valence-corrected chi connectivity index (χ1v) is 7.10. The van der Waals surface area contributed by atoms with Gasteiger partial charge in [0.1, 0.15) is 6.04 Å². The Morgan fingerprint density at radius 2 is 2.37 bits per heavy atom. The summed E-state index contributed by atoms with van der Waals surface area (Å²) in [5.41, 5.74) is 2.12. The first-order chi connectivity index (χ1) is 9.13. The molecule has 1 N–H and O–H groups in total. The van der Waals surface area contributed by atoms with Crippen LogP contribution in [0.5, 0.6) is 0 Å². The molecule has 2 rings (SSSR count). The summed E-state index contributed by atoms with van der Waals surface area (Å²) in [4.78, 5) is 14.1. The highest BCUT2D eigenvalue weighted by atomic mass is 79.9. The second-order valence-electron chi connectivity index (χ2n) is 4.65. The monoisotopic (exact) mass is 321 g/mol. The molecule has 1 atom stereocenters. The molecule has 5 heteroatoms. The largest absolute Gasteiger partial charge is 0.359 e. The maximum Gasteiger partial charge on any atom is 0.243 e. The average Bonchev–Trinajstić information content (AvgIpc) is 2.57. The summed E-state index contributed by atoms with van der Waals surface area (Å²) < 4.78 is 1.05. The van der Waals surface area contributed by atoms with Crippen LogP contribution < -0.4 is 10.2 Å². The van der Waals surface area contributed by atoms with Gasteiger partial charge in [-0.1, -0.05) is 15.9 Å². The van der Waals surface area contributed by atoms with Crippen molar-refractivity contribution in [3.63, 3.8) is 0 Å². The van der Waals surface area contributed by atoms with Crippen molar-refractivity contribution >= 4 is 27.5 Å². The molecule has 19 heavy (non-hydrogen) atoms. The molecule has 1 aliphatic rings. The van der Waals surface area contributed by atoms with Crippen LogP contribution in [0, 0.1) is 18.3 Å². The van der Waals surface area contributed by atoms with Gasteiger partial charge in [0.25, 0.3) is 0 Å². The fraction of sp³-hybridized carbons (Fsp3) is 0.429. The molecule has 1 unspecified atom stereocenters. The lowest BCUT2D eigenvalue weighted by atomic mass is 10.1. The topological polar surface area (TPSA) is 56.1 Å². The van der Waals surface area contributed by atoms with Gasteiger partial charge in [-0.3, -0.25) is 4.79 Å². The number of carbonyl (C=O) groups excluding carboxylic acids is 1. The second kappa shape index (κ2) is 6.07. The second-order valence-corrected chi connectivity index (χ2v) is 5.50. The van der Waals surface area contributed by atoms with Crippen molar-refractivity contribution in [2.24, 2.45) is 0 Å². The van der Waals surface area contributed by atoms with Gasteiger partial charge >= 0.3 is 0 Å². The molecule has 0 saturated carbocycles. The van der Waals surface area contributed by atoms with Crippen LogP contribution in [0.2, 0.25) is 0 Å². The van der Waals surface area contributed by atoms with Crippen molar-refractivity contribution in [1.29, 1.82) is 5.26 Å². The molecule has 1 saturated heterocycles. The molecule has 1 aromatic carbocycles. The summed E-state index contributed by atoms with van der Waals surface area (Å²) in [6, 6.07) is 7.73. The van der Waals surface area contributed by atoms with E-state index in [0.29, 0.717) is 6.54 Å². The number of nitrogens with zero attached hydrogens (tertiary/aromatic N) is 2. The van der Waals surface area contributed by atoms with Crippen LogP contribution in [0.15, 0.2) is 22.7 Å². The molecule has 1 fully saturated rings. The Morgan fingerprint density at radius 1 is 1.58 bits per heavy atom. The summed E-state index contributed by atoms with van der Waals surface area (Å²) in [5.74, 6) is -0.0559. The molecule has 0 radical (unpaired) electrons. The van der Waals surface area contributed by atoms with Gasteiger partial charge < -0.3 is 10.2 Å². The minimum Gasteiger partial charge on any atom is -0.359 e. The van der Waals surface area contributed by atoms with E-state index < -0.39 is 6.04 Å². The van der Waals surface area contributed by atoms with E-state index in [0.717, 1.165) is 28.7 Å². The fourth-order valence-electron chi connectivity index (χ4n) is 2.28. The molecular weight excluding hydrogens is 306 g/mol. The van der Waals surface area contributed by atoms with Gasteiger partial charge in [-0.2, -0.15) is 5.26 Å². The Balaban J connectivity index is 2.34. The molecule has 100 valence electrons. The van der Waals surface area contributed by atoms with Crippen LogP contribution in [0.3, 0.4) is 0 Å². The van der Waals surface area contributed by atoms with Crippen LogP contribution in [0.4, 0.5) is 5.69 Å². The van der Waals surface area contributed by atoms with Gasteiger partial charge in [0.05, 0.1) is 12.5 Å². The highest BCUT2D eigenvalue weighted by Crippen LogP contribution is 2.26. The Morgan fingerprint density at radius 3 is 3.05 bits per heavy atom. The quantitative estimate of drug-likeness (QED) is 0.909. The van der Waals surface area contributed by atoms with Gasteiger partial charge in [0.2, 0.25) is 5.91 Å². The van der Waals surface area contributed by atoms with E-state index >= 15 is 0 Å². The highest BCUT2D eigenvalue weighted by Gasteiger charge is 2.28. The van der Waals surface area contributed by atoms with Crippen LogP contribution in [0.1, 0.15) is 18.4 Å². The number of carbonyl (C=O) groups is 1. The van der Waals surface area contributed by atoms with Crippen molar-refractivity contribution in [2.75, 3.05) is 18.0 Å². The molecular formula is C14H16BrN3O. The fourth-order valence-corrected chi connectivity index (χ4v) is 2.53. The maximum absolute atomic E-state index is 12.0. The molecule has 4 nitrogen and oxygen atoms in total. The van der Waals surface area contributed by atoms with Crippen LogP contribution in [0.25, 0.3) is 0 Å². The normalized spacial score (nSPS) is 19.5. The van der Waals surface area contributed by atoms with Crippen molar-refractivity contribution in [3.05, 3.63) is 28.2 Å². The Labute approximate surface area is 121 Å². The molecule has 0 bridgehead atoms. The third kappa shape index (κ3) is 3.07. The number of halogens is 1. The predicted octanol–water partition coefficient (Wildman–Crippen LogP) is 2.37. The molecule has 1 heterocycles. The Hall–Kier alpha value is -1.54. The molecule has 0 aromatic heterocycles.